The third-order valence-corrected chi connectivity index (χ3v) is 7.59. The van der Waals surface area contributed by atoms with Crippen molar-refractivity contribution in [3.05, 3.63) is 113 Å². The first-order chi connectivity index (χ1) is 20.2. The fraction of sp³-hybridized carbons (Fsp3) is 0.0645. The highest BCUT2D eigenvalue weighted by atomic mass is 32.1. The number of hydrogen-bond donors (Lipinski definition) is 2. The van der Waals surface area contributed by atoms with Gasteiger partial charge in [-0.1, -0.05) is 60.7 Å². The number of furan rings is 1. The fourth-order valence-corrected chi connectivity index (χ4v) is 5.55. The van der Waals surface area contributed by atoms with Crippen LogP contribution in [-0.4, -0.2) is 16.8 Å². The van der Waals surface area contributed by atoms with E-state index in [4.69, 9.17) is 14.9 Å². The van der Waals surface area contributed by atoms with Crippen LogP contribution >= 0.6 is 11.3 Å². The number of alkyl halides is 3. The normalized spacial score (nSPS) is 11.6. The highest BCUT2D eigenvalue weighted by molar-refractivity contribution is 7.21. The lowest BCUT2D eigenvalue weighted by Gasteiger charge is -2.12. The van der Waals surface area contributed by atoms with Gasteiger partial charge in [-0.05, 0) is 52.2 Å². The number of primary amides is 1. The lowest BCUT2D eigenvalue weighted by molar-refractivity contribution is -0.140. The van der Waals surface area contributed by atoms with E-state index in [-0.39, 0.29) is 38.7 Å². The average Bonchev–Trinajstić information content (AvgIpc) is 3.61. The number of benzene rings is 3. The number of nitrogens with zero attached hydrogens (tertiary/aromatic N) is 1. The maximum absolute atomic E-state index is 13.7. The summed E-state index contributed by atoms with van der Waals surface area (Å²) >= 11 is 0.669. The van der Waals surface area contributed by atoms with Gasteiger partial charge < -0.3 is 20.2 Å². The van der Waals surface area contributed by atoms with Crippen LogP contribution in [0.15, 0.2) is 95.4 Å². The maximum atomic E-state index is 13.7. The van der Waals surface area contributed by atoms with Crippen molar-refractivity contribution in [1.29, 1.82) is 0 Å². The van der Waals surface area contributed by atoms with Crippen molar-refractivity contribution in [2.24, 2.45) is 5.73 Å². The predicted molar refractivity (Wildman–Crippen MR) is 154 cm³/mol. The molecule has 210 valence electrons. The van der Waals surface area contributed by atoms with Gasteiger partial charge in [-0.25, -0.2) is 4.98 Å². The van der Waals surface area contributed by atoms with E-state index in [1.165, 1.54) is 6.07 Å². The molecule has 0 unspecified atom stereocenters. The molecule has 0 radical (unpaired) electrons. The van der Waals surface area contributed by atoms with Gasteiger partial charge in [0.25, 0.3) is 11.8 Å². The molecule has 0 saturated carbocycles. The van der Waals surface area contributed by atoms with Crippen LogP contribution in [0.5, 0.6) is 5.75 Å². The number of aromatic nitrogens is 1. The Balaban J connectivity index is 1.31. The summed E-state index contributed by atoms with van der Waals surface area (Å²) in [5, 5.41) is 4.86. The van der Waals surface area contributed by atoms with E-state index in [2.05, 4.69) is 10.3 Å². The molecule has 0 saturated heterocycles. The molecule has 0 spiro atoms. The zero-order valence-corrected chi connectivity index (χ0v) is 22.4. The third kappa shape index (κ3) is 5.29. The number of amides is 2. The number of fused-ring (bicyclic) bond motifs is 2. The molecule has 6 aromatic rings. The van der Waals surface area contributed by atoms with Crippen LogP contribution in [0, 0.1) is 0 Å². The van der Waals surface area contributed by atoms with E-state index in [1.807, 2.05) is 42.5 Å². The third-order valence-electron chi connectivity index (χ3n) is 6.49. The number of nitrogens with one attached hydrogen (secondary N) is 1. The van der Waals surface area contributed by atoms with Crippen molar-refractivity contribution in [2.45, 2.75) is 12.8 Å². The Morgan fingerprint density at radius 1 is 0.929 bits per heavy atom. The number of halogens is 3. The van der Waals surface area contributed by atoms with Crippen LogP contribution in [0.25, 0.3) is 32.1 Å². The number of pyridine rings is 1. The zero-order chi connectivity index (χ0) is 29.4. The van der Waals surface area contributed by atoms with Crippen LogP contribution < -0.4 is 15.8 Å². The van der Waals surface area contributed by atoms with E-state index < -0.39 is 23.7 Å². The highest BCUT2D eigenvalue weighted by Crippen LogP contribution is 2.43. The summed E-state index contributed by atoms with van der Waals surface area (Å²) in [6.45, 7) is 0.0435. The molecular weight excluding hydrogens is 567 g/mol. The smallest absolute Gasteiger partial charge is 0.433 e. The molecule has 6 rings (SSSR count). The van der Waals surface area contributed by atoms with E-state index in [9.17, 15) is 22.8 Å². The molecule has 3 aromatic carbocycles. The highest BCUT2D eigenvalue weighted by Gasteiger charge is 2.35. The molecule has 7 nitrogen and oxygen atoms in total. The SMILES string of the molecule is NC(=O)c1sc2nc(C(F)(F)F)cc(-c3ccccc3)c2c1NC(=O)c1ccc(COc2ccc3ccccc3c2)o1. The molecular formula is C31H20F3N3O4S. The Bertz CT molecular complexity index is 1970. The largest absolute Gasteiger partial charge is 0.486 e. The van der Waals surface area contributed by atoms with E-state index in [1.54, 1.807) is 36.4 Å². The topological polar surface area (TPSA) is 107 Å². The molecule has 3 N–H and O–H groups in total. The van der Waals surface area contributed by atoms with Gasteiger partial charge in [0, 0.05) is 5.39 Å². The van der Waals surface area contributed by atoms with Crippen molar-refractivity contribution in [1.82, 2.24) is 4.98 Å². The van der Waals surface area contributed by atoms with Crippen molar-refractivity contribution >= 4 is 49.8 Å². The monoisotopic (exact) mass is 587 g/mol. The summed E-state index contributed by atoms with van der Waals surface area (Å²) in [4.78, 5) is 29.1. The first-order valence-corrected chi connectivity index (χ1v) is 13.4. The molecule has 0 bridgehead atoms. The molecule has 11 heteroatoms. The number of carbonyl (C=O) groups is 2. The lowest BCUT2D eigenvalue weighted by atomic mass is 10.0. The van der Waals surface area contributed by atoms with Gasteiger partial charge in [-0.15, -0.1) is 11.3 Å². The van der Waals surface area contributed by atoms with Crippen LogP contribution in [0.4, 0.5) is 18.9 Å². The van der Waals surface area contributed by atoms with E-state index in [0.717, 1.165) is 16.8 Å². The minimum atomic E-state index is -4.74. The number of thiophene rings is 1. The lowest BCUT2D eigenvalue weighted by Crippen LogP contribution is -2.16. The van der Waals surface area contributed by atoms with Crippen molar-refractivity contribution < 1.29 is 31.9 Å². The maximum Gasteiger partial charge on any atom is 0.433 e. The average molecular weight is 588 g/mol. The van der Waals surface area contributed by atoms with Crippen molar-refractivity contribution in [2.75, 3.05) is 5.32 Å². The Labute approximate surface area is 240 Å². The second kappa shape index (κ2) is 10.7. The summed E-state index contributed by atoms with van der Waals surface area (Å²) in [5.41, 5.74) is 4.96. The Hall–Kier alpha value is -5.16. The molecule has 3 heterocycles. The number of hydrogen-bond acceptors (Lipinski definition) is 6. The molecule has 0 atom stereocenters. The quantitative estimate of drug-likeness (QED) is 0.199. The van der Waals surface area contributed by atoms with Crippen LogP contribution in [-0.2, 0) is 12.8 Å². The summed E-state index contributed by atoms with van der Waals surface area (Å²) in [6, 6.07) is 25.7. The summed E-state index contributed by atoms with van der Waals surface area (Å²) < 4.78 is 52.6. The van der Waals surface area contributed by atoms with Gasteiger partial charge in [-0.2, -0.15) is 13.2 Å². The van der Waals surface area contributed by atoms with Gasteiger partial charge in [0.05, 0.1) is 5.69 Å². The second-order valence-electron chi connectivity index (χ2n) is 9.29. The van der Waals surface area contributed by atoms with Crippen LogP contribution in [0.2, 0.25) is 0 Å². The van der Waals surface area contributed by atoms with Gasteiger partial charge in [0.15, 0.2) is 5.76 Å². The number of ether oxygens (including phenoxy) is 1. The fourth-order valence-electron chi connectivity index (χ4n) is 4.55. The summed E-state index contributed by atoms with van der Waals surface area (Å²) in [5.74, 6) is -0.771. The number of nitrogens with two attached hydrogens (primary N) is 1. The van der Waals surface area contributed by atoms with E-state index >= 15 is 0 Å². The van der Waals surface area contributed by atoms with Gasteiger partial charge in [0.2, 0.25) is 0 Å². The summed E-state index contributed by atoms with van der Waals surface area (Å²) in [7, 11) is 0. The first kappa shape index (κ1) is 27.0. The molecule has 0 aliphatic heterocycles. The standard InChI is InChI=1S/C31H20F3N3O4S/c32-31(33,34)24-15-22(18-7-2-1-3-8-18)25-26(27(28(35)38)42-30(25)36-24)37-29(39)23-13-12-21(41-23)16-40-20-11-10-17-6-4-5-9-19(17)14-20/h1-15H,16H2,(H2,35,38)(H,37,39). The van der Waals surface area contributed by atoms with Crippen molar-refractivity contribution in [3.63, 3.8) is 0 Å². The number of anilines is 1. The molecule has 2 amide bonds. The number of carbonyl (C=O) groups excluding carboxylic acids is 2. The van der Waals surface area contributed by atoms with Crippen molar-refractivity contribution in [3.8, 4) is 16.9 Å². The summed E-state index contributed by atoms with van der Waals surface area (Å²) in [6.07, 6.45) is -4.74. The minimum absolute atomic E-state index is 0.0435. The van der Waals surface area contributed by atoms with Gasteiger partial charge in [0.1, 0.15) is 33.5 Å². The van der Waals surface area contributed by atoms with Crippen LogP contribution in [0.3, 0.4) is 0 Å². The molecule has 0 aliphatic carbocycles. The Morgan fingerprint density at radius 2 is 1.67 bits per heavy atom. The molecule has 0 fully saturated rings. The van der Waals surface area contributed by atoms with E-state index in [0.29, 0.717) is 28.4 Å². The molecule has 3 aromatic heterocycles. The predicted octanol–water partition coefficient (Wildman–Crippen LogP) is 7.66. The Morgan fingerprint density at radius 3 is 2.40 bits per heavy atom. The Kier molecular flexibility index (Phi) is 6.87. The van der Waals surface area contributed by atoms with Gasteiger partial charge >= 0.3 is 6.18 Å². The molecule has 0 aliphatic rings. The number of rotatable bonds is 7. The van der Waals surface area contributed by atoms with Crippen LogP contribution in [0.1, 0.15) is 31.7 Å². The minimum Gasteiger partial charge on any atom is -0.486 e. The molecule has 42 heavy (non-hydrogen) atoms. The van der Waals surface area contributed by atoms with Gasteiger partial charge in [-0.3, -0.25) is 9.59 Å². The first-order valence-electron chi connectivity index (χ1n) is 12.6. The zero-order valence-electron chi connectivity index (χ0n) is 21.6. The second-order valence-corrected chi connectivity index (χ2v) is 10.3.